The van der Waals surface area contributed by atoms with Crippen molar-refractivity contribution in [3.05, 3.63) is 28.2 Å². The summed E-state index contributed by atoms with van der Waals surface area (Å²) in [5.74, 6) is 0.843. The molecule has 0 bridgehead atoms. The van der Waals surface area contributed by atoms with E-state index in [1.54, 1.807) is 7.11 Å². The molecule has 2 rings (SSSR count). The summed E-state index contributed by atoms with van der Waals surface area (Å²) >= 11 is 3.46. The van der Waals surface area contributed by atoms with Gasteiger partial charge in [-0.25, -0.2) is 0 Å². The summed E-state index contributed by atoms with van der Waals surface area (Å²) < 4.78 is 6.37. The van der Waals surface area contributed by atoms with Crippen molar-refractivity contribution < 1.29 is 4.74 Å². The molecule has 0 saturated heterocycles. The molecule has 88 valence electrons. The fraction of sp³-hybridized carbons (Fsp3) is 0.500. The molecule has 1 aromatic carbocycles. The maximum atomic E-state index is 6.31. The van der Waals surface area contributed by atoms with E-state index in [0.717, 1.165) is 28.6 Å². The minimum atomic E-state index is -0.0371. The van der Waals surface area contributed by atoms with Gasteiger partial charge in [0.25, 0.3) is 0 Å². The van der Waals surface area contributed by atoms with Crippen LogP contribution in [0.4, 0.5) is 0 Å². The highest BCUT2D eigenvalue weighted by Crippen LogP contribution is 2.54. The first-order valence-electron chi connectivity index (χ1n) is 5.42. The first kappa shape index (κ1) is 11.9. The minimum Gasteiger partial charge on any atom is -0.496 e. The van der Waals surface area contributed by atoms with Crippen LogP contribution in [0.3, 0.4) is 0 Å². The maximum Gasteiger partial charge on any atom is 0.123 e. The number of methoxy groups -OCH3 is 1. The van der Waals surface area contributed by atoms with Gasteiger partial charge in [-0.1, -0.05) is 15.9 Å². The average Bonchev–Trinajstić information content (AvgIpc) is 3.09. The second-order valence-electron chi connectivity index (χ2n) is 4.43. The summed E-state index contributed by atoms with van der Waals surface area (Å²) in [6.07, 6.45) is 2.22. The number of rotatable bonds is 4. The Labute approximate surface area is 104 Å². The van der Waals surface area contributed by atoms with Gasteiger partial charge >= 0.3 is 0 Å². The smallest absolute Gasteiger partial charge is 0.123 e. The van der Waals surface area contributed by atoms with Crippen LogP contribution in [-0.2, 0) is 0 Å². The summed E-state index contributed by atoms with van der Waals surface area (Å²) in [6.45, 7) is 0.643. The Morgan fingerprint density at radius 1 is 1.50 bits per heavy atom. The Morgan fingerprint density at radius 2 is 2.19 bits per heavy atom. The molecule has 1 aliphatic rings. The van der Waals surface area contributed by atoms with Crippen molar-refractivity contribution in [2.75, 3.05) is 13.7 Å². The van der Waals surface area contributed by atoms with Gasteiger partial charge in [-0.15, -0.1) is 0 Å². The molecule has 0 radical (unpaired) electrons. The zero-order valence-corrected chi connectivity index (χ0v) is 11.0. The fourth-order valence-corrected chi connectivity index (χ4v) is 2.46. The highest BCUT2D eigenvalue weighted by Gasteiger charge is 2.47. The van der Waals surface area contributed by atoms with Gasteiger partial charge in [0.2, 0.25) is 0 Å². The van der Waals surface area contributed by atoms with Gasteiger partial charge in [0.05, 0.1) is 7.11 Å². The summed E-state index contributed by atoms with van der Waals surface area (Å²) in [7, 11) is 1.67. The summed E-state index contributed by atoms with van der Waals surface area (Å²) in [6, 6.07) is 5.88. The molecule has 3 nitrogen and oxygen atoms in total. The lowest BCUT2D eigenvalue weighted by atomic mass is 9.90. The van der Waals surface area contributed by atoms with Crippen molar-refractivity contribution >= 4 is 15.9 Å². The Hall–Kier alpha value is -0.580. The van der Waals surface area contributed by atoms with Gasteiger partial charge in [0, 0.05) is 21.5 Å². The van der Waals surface area contributed by atoms with E-state index in [0.29, 0.717) is 6.54 Å². The van der Waals surface area contributed by atoms with Crippen molar-refractivity contribution in [3.8, 4) is 5.75 Å². The van der Waals surface area contributed by atoms with Crippen LogP contribution in [0.1, 0.15) is 24.4 Å². The summed E-state index contributed by atoms with van der Waals surface area (Å²) in [4.78, 5) is 0. The number of hydrogen-bond acceptors (Lipinski definition) is 3. The van der Waals surface area contributed by atoms with E-state index in [-0.39, 0.29) is 11.5 Å². The van der Waals surface area contributed by atoms with Gasteiger partial charge < -0.3 is 16.2 Å². The van der Waals surface area contributed by atoms with Crippen LogP contribution in [0.5, 0.6) is 5.75 Å². The third kappa shape index (κ3) is 1.97. The second kappa shape index (κ2) is 4.35. The first-order valence-corrected chi connectivity index (χ1v) is 6.21. The van der Waals surface area contributed by atoms with E-state index in [9.17, 15) is 0 Å². The minimum absolute atomic E-state index is 0.0371. The molecule has 4 N–H and O–H groups in total. The van der Waals surface area contributed by atoms with Crippen LogP contribution in [-0.4, -0.2) is 13.7 Å². The van der Waals surface area contributed by atoms with Gasteiger partial charge in [0.1, 0.15) is 5.75 Å². The van der Waals surface area contributed by atoms with E-state index in [4.69, 9.17) is 16.2 Å². The largest absolute Gasteiger partial charge is 0.496 e. The molecule has 1 aromatic rings. The number of nitrogens with two attached hydrogens (primary N) is 2. The molecule has 1 atom stereocenters. The third-order valence-electron chi connectivity index (χ3n) is 3.49. The summed E-state index contributed by atoms with van der Waals surface area (Å²) in [5, 5.41) is 0. The average molecular weight is 285 g/mol. The second-order valence-corrected chi connectivity index (χ2v) is 5.35. The lowest BCUT2D eigenvalue weighted by Gasteiger charge is -2.24. The molecule has 16 heavy (non-hydrogen) atoms. The first-order chi connectivity index (χ1) is 7.63. The topological polar surface area (TPSA) is 61.3 Å². The van der Waals surface area contributed by atoms with Crippen molar-refractivity contribution in [1.29, 1.82) is 0 Å². The van der Waals surface area contributed by atoms with E-state index < -0.39 is 0 Å². The summed E-state index contributed by atoms with van der Waals surface area (Å²) in [5.41, 5.74) is 13.2. The lowest BCUT2D eigenvalue weighted by Crippen LogP contribution is -2.29. The number of ether oxygens (including phenoxy) is 1. The molecule has 4 heteroatoms. The van der Waals surface area contributed by atoms with E-state index in [1.165, 1.54) is 0 Å². The number of hydrogen-bond donors (Lipinski definition) is 2. The van der Waals surface area contributed by atoms with E-state index >= 15 is 0 Å². The fourth-order valence-electron chi connectivity index (χ4n) is 2.08. The van der Waals surface area contributed by atoms with Crippen molar-refractivity contribution in [2.45, 2.75) is 18.9 Å². The Morgan fingerprint density at radius 3 is 2.69 bits per heavy atom. The molecule has 1 unspecified atom stereocenters. The van der Waals surface area contributed by atoms with Crippen LogP contribution in [0.25, 0.3) is 0 Å². The number of halogens is 1. The highest BCUT2D eigenvalue weighted by atomic mass is 79.9. The van der Waals surface area contributed by atoms with Crippen molar-refractivity contribution in [3.63, 3.8) is 0 Å². The van der Waals surface area contributed by atoms with Crippen LogP contribution in [0.15, 0.2) is 22.7 Å². The zero-order valence-electron chi connectivity index (χ0n) is 9.37. The Balaban J connectivity index is 2.35. The van der Waals surface area contributed by atoms with Crippen molar-refractivity contribution in [1.82, 2.24) is 0 Å². The van der Waals surface area contributed by atoms with Crippen LogP contribution >= 0.6 is 15.9 Å². The third-order valence-corrected chi connectivity index (χ3v) is 3.98. The van der Waals surface area contributed by atoms with Gasteiger partial charge in [-0.05, 0) is 37.6 Å². The Kier molecular flexibility index (Phi) is 3.24. The predicted octanol–water partition coefficient (Wildman–Crippen LogP) is 2.20. The monoisotopic (exact) mass is 284 g/mol. The molecule has 1 aliphatic carbocycles. The Bertz CT molecular complexity index is 391. The van der Waals surface area contributed by atoms with Crippen molar-refractivity contribution in [2.24, 2.45) is 16.9 Å². The van der Waals surface area contributed by atoms with Crippen LogP contribution < -0.4 is 16.2 Å². The van der Waals surface area contributed by atoms with Gasteiger partial charge in [0.15, 0.2) is 0 Å². The predicted molar refractivity (Wildman–Crippen MR) is 68.3 cm³/mol. The molecule has 1 fully saturated rings. The molecular weight excluding hydrogens is 268 g/mol. The highest BCUT2D eigenvalue weighted by molar-refractivity contribution is 9.10. The molecule has 1 saturated carbocycles. The van der Waals surface area contributed by atoms with E-state index in [1.807, 2.05) is 18.2 Å². The molecule has 0 spiro atoms. The standard InChI is InChI=1S/C12H17BrN2O/c1-16-10-3-2-8(13)6-9(10)11(15)12(7-14)4-5-12/h2-3,6,11H,4-5,7,14-15H2,1H3. The normalized spacial score (nSPS) is 19.2. The molecule has 0 amide bonds. The zero-order chi connectivity index (χ0) is 11.8. The SMILES string of the molecule is COc1ccc(Br)cc1C(N)C1(CN)CC1. The van der Waals surface area contributed by atoms with E-state index in [2.05, 4.69) is 15.9 Å². The quantitative estimate of drug-likeness (QED) is 0.891. The molecular formula is C12H17BrN2O. The van der Waals surface area contributed by atoms with Gasteiger partial charge in [-0.3, -0.25) is 0 Å². The number of benzene rings is 1. The molecule has 0 aliphatic heterocycles. The molecule has 0 heterocycles. The van der Waals surface area contributed by atoms with Gasteiger partial charge in [-0.2, -0.15) is 0 Å². The van der Waals surface area contributed by atoms with Crippen LogP contribution in [0.2, 0.25) is 0 Å². The van der Waals surface area contributed by atoms with Crippen LogP contribution in [0, 0.1) is 5.41 Å². The maximum absolute atomic E-state index is 6.31. The molecule has 0 aromatic heterocycles. The lowest BCUT2D eigenvalue weighted by molar-refractivity contribution is 0.375.